The monoisotopic (exact) mass is 194 g/mol. The van der Waals surface area contributed by atoms with Gasteiger partial charge in [-0.3, -0.25) is 0 Å². The molecule has 1 fully saturated rings. The van der Waals surface area contributed by atoms with E-state index in [2.05, 4.69) is 0 Å². The zero-order chi connectivity index (χ0) is 10.0. The van der Waals surface area contributed by atoms with Crippen LogP contribution in [-0.2, 0) is 4.74 Å². The molecule has 0 N–H and O–H groups in total. The number of ether oxygens (including phenoxy) is 3. The van der Waals surface area contributed by atoms with Gasteiger partial charge in [-0.15, -0.1) is 0 Å². The molecule has 1 aromatic carbocycles. The first kappa shape index (κ1) is 9.34. The number of hydrogen-bond donors (Lipinski definition) is 0. The van der Waals surface area contributed by atoms with Crippen molar-refractivity contribution in [2.45, 2.75) is 12.5 Å². The minimum Gasteiger partial charge on any atom is -0.497 e. The Labute approximate surface area is 83.6 Å². The SMILES string of the molecule is COc1ccc(OC2(C)COC2)cc1. The van der Waals surface area contributed by atoms with Crippen LogP contribution in [0.3, 0.4) is 0 Å². The van der Waals surface area contributed by atoms with E-state index in [0.29, 0.717) is 13.2 Å². The summed E-state index contributed by atoms with van der Waals surface area (Å²) in [5.41, 5.74) is -0.144. The fraction of sp³-hybridized carbons (Fsp3) is 0.455. The Balaban J connectivity index is 2.02. The number of rotatable bonds is 3. The predicted molar refractivity (Wildman–Crippen MR) is 52.8 cm³/mol. The Bertz CT molecular complexity index is 301. The lowest BCUT2D eigenvalue weighted by atomic mass is 10.1. The van der Waals surface area contributed by atoms with E-state index < -0.39 is 0 Å². The summed E-state index contributed by atoms with van der Waals surface area (Å²) in [7, 11) is 1.65. The first-order chi connectivity index (χ1) is 6.72. The molecule has 1 aromatic rings. The second-order valence-electron chi connectivity index (χ2n) is 3.72. The van der Waals surface area contributed by atoms with Gasteiger partial charge in [0.05, 0.1) is 20.3 Å². The minimum absolute atomic E-state index is 0.144. The van der Waals surface area contributed by atoms with E-state index >= 15 is 0 Å². The van der Waals surface area contributed by atoms with Crippen LogP contribution in [0, 0.1) is 0 Å². The summed E-state index contributed by atoms with van der Waals surface area (Å²) in [5, 5.41) is 0. The van der Waals surface area contributed by atoms with E-state index in [1.165, 1.54) is 0 Å². The van der Waals surface area contributed by atoms with Gasteiger partial charge in [-0.05, 0) is 31.2 Å². The number of methoxy groups -OCH3 is 1. The van der Waals surface area contributed by atoms with Crippen LogP contribution in [0.1, 0.15) is 6.92 Å². The summed E-state index contributed by atoms with van der Waals surface area (Å²) in [5.74, 6) is 1.70. The fourth-order valence-corrected chi connectivity index (χ4v) is 1.38. The summed E-state index contributed by atoms with van der Waals surface area (Å²) in [6, 6.07) is 7.58. The van der Waals surface area contributed by atoms with E-state index in [1.807, 2.05) is 31.2 Å². The van der Waals surface area contributed by atoms with Crippen LogP contribution in [-0.4, -0.2) is 25.9 Å². The van der Waals surface area contributed by atoms with E-state index in [1.54, 1.807) is 7.11 Å². The van der Waals surface area contributed by atoms with Gasteiger partial charge in [-0.1, -0.05) is 0 Å². The summed E-state index contributed by atoms with van der Waals surface area (Å²) in [6.07, 6.45) is 0. The molecule has 0 spiro atoms. The molecule has 0 aliphatic carbocycles. The molecule has 3 heteroatoms. The summed E-state index contributed by atoms with van der Waals surface area (Å²) in [6.45, 7) is 3.37. The first-order valence-electron chi connectivity index (χ1n) is 4.63. The molecule has 0 aromatic heterocycles. The van der Waals surface area contributed by atoms with E-state index in [4.69, 9.17) is 14.2 Å². The van der Waals surface area contributed by atoms with Gasteiger partial charge in [-0.2, -0.15) is 0 Å². The molecule has 0 unspecified atom stereocenters. The molecular formula is C11H14O3. The van der Waals surface area contributed by atoms with E-state index in [-0.39, 0.29) is 5.60 Å². The zero-order valence-corrected chi connectivity index (χ0v) is 8.45. The average Bonchev–Trinajstić information content (AvgIpc) is 2.17. The van der Waals surface area contributed by atoms with Crippen molar-refractivity contribution < 1.29 is 14.2 Å². The maximum absolute atomic E-state index is 5.76. The van der Waals surface area contributed by atoms with Gasteiger partial charge < -0.3 is 14.2 Å². The summed E-state index contributed by atoms with van der Waals surface area (Å²) >= 11 is 0. The molecule has 2 rings (SSSR count). The van der Waals surface area contributed by atoms with Crippen molar-refractivity contribution in [3.8, 4) is 11.5 Å². The quantitative estimate of drug-likeness (QED) is 0.735. The van der Waals surface area contributed by atoms with Crippen molar-refractivity contribution >= 4 is 0 Å². The maximum atomic E-state index is 5.76. The van der Waals surface area contributed by atoms with Crippen LogP contribution in [0.2, 0.25) is 0 Å². The van der Waals surface area contributed by atoms with Crippen LogP contribution in [0.4, 0.5) is 0 Å². The third-order valence-corrected chi connectivity index (χ3v) is 2.24. The van der Waals surface area contributed by atoms with Gasteiger partial charge in [0.25, 0.3) is 0 Å². The van der Waals surface area contributed by atoms with Crippen molar-refractivity contribution in [2.24, 2.45) is 0 Å². The van der Waals surface area contributed by atoms with E-state index in [9.17, 15) is 0 Å². The highest BCUT2D eigenvalue weighted by atomic mass is 16.6. The van der Waals surface area contributed by atoms with Crippen molar-refractivity contribution in [1.29, 1.82) is 0 Å². The lowest BCUT2D eigenvalue weighted by molar-refractivity contribution is -0.149. The normalized spacial score (nSPS) is 18.4. The molecule has 76 valence electrons. The second-order valence-corrected chi connectivity index (χ2v) is 3.72. The van der Waals surface area contributed by atoms with E-state index in [0.717, 1.165) is 11.5 Å². The molecule has 1 aliphatic rings. The molecule has 1 aliphatic heterocycles. The van der Waals surface area contributed by atoms with Crippen molar-refractivity contribution in [2.75, 3.05) is 20.3 Å². The summed E-state index contributed by atoms with van der Waals surface area (Å²) < 4.78 is 15.9. The highest BCUT2D eigenvalue weighted by Crippen LogP contribution is 2.26. The molecule has 1 saturated heterocycles. The van der Waals surface area contributed by atoms with Gasteiger partial charge in [0, 0.05) is 0 Å². The lowest BCUT2D eigenvalue weighted by Crippen LogP contribution is -2.51. The Morgan fingerprint density at radius 2 is 1.71 bits per heavy atom. The average molecular weight is 194 g/mol. The summed E-state index contributed by atoms with van der Waals surface area (Å²) in [4.78, 5) is 0. The first-order valence-corrected chi connectivity index (χ1v) is 4.63. The highest BCUT2D eigenvalue weighted by molar-refractivity contribution is 5.31. The van der Waals surface area contributed by atoms with Gasteiger partial charge in [-0.25, -0.2) is 0 Å². The molecule has 0 atom stereocenters. The Morgan fingerprint density at radius 3 is 2.14 bits per heavy atom. The van der Waals surface area contributed by atoms with Gasteiger partial charge >= 0.3 is 0 Å². The molecule has 1 heterocycles. The Morgan fingerprint density at radius 1 is 1.14 bits per heavy atom. The molecule has 0 saturated carbocycles. The molecule has 3 nitrogen and oxygen atoms in total. The van der Waals surface area contributed by atoms with Gasteiger partial charge in [0.1, 0.15) is 11.5 Å². The number of benzene rings is 1. The van der Waals surface area contributed by atoms with Gasteiger partial charge in [0.15, 0.2) is 5.60 Å². The van der Waals surface area contributed by atoms with Crippen LogP contribution in [0.5, 0.6) is 11.5 Å². The van der Waals surface area contributed by atoms with Crippen molar-refractivity contribution in [1.82, 2.24) is 0 Å². The minimum atomic E-state index is -0.144. The van der Waals surface area contributed by atoms with Crippen LogP contribution in [0.15, 0.2) is 24.3 Å². The predicted octanol–water partition coefficient (Wildman–Crippen LogP) is 1.86. The maximum Gasteiger partial charge on any atom is 0.152 e. The third kappa shape index (κ3) is 1.82. The molecule has 14 heavy (non-hydrogen) atoms. The molecule has 0 radical (unpaired) electrons. The third-order valence-electron chi connectivity index (χ3n) is 2.24. The molecule has 0 amide bonds. The van der Waals surface area contributed by atoms with Crippen molar-refractivity contribution in [3.63, 3.8) is 0 Å². The number of hydrogen-bond acceptors (Lipinski definition) is 3. The smallest absolute Gasteiger partial charge is 0.152 e. The lowest BCUT2D eigenvalue weighted by Gasteiger charge is -2.38. The molecular weight excluding hydrogens is 180 g/mol. The van der Waals surface area contributed by atoms with Crippen LogP contribution < -0.4 is 9.47 Å². The van der Waals surface area contributed by atoms with Crippen LogP contribution in [0.25, 0.3) is 0 Å². The fourth-order valence-electron chi connectivity index (χ4n) is 1.38. The highest BCUT2D eigenvalue weighted by Gasteiger charge is 2.35. The van der Waals surface area contributed by atoms with Gasteiger partial charge in [0.2, 0.25) is 0 Å². The standard InChI is InChI=1S/C11H14O3/c1-11(7-13-8-11)14-10-5-3-9(12-2)4-6-10/h3-6H,7-8H2,1-2H3. The topological polar surface area (TPSA) is 27.7 Å². The Hall–Kier alpha value is -1.22. The van der Waals surface area contributed by atoms with Crippen LogP contribution >= 0.6 is 0 Å². The Kier molecular flexibility index (Phi) is 2.33. The largest absolute Gasteiger partial charge is 0.497 e. The second kappa shape index (κ2) is 3.50. The molecule has 0 bridgehead atoms. The zero-order valence-electron chi connectivity index (χ0n) is 8.45. The van der Waals surface area contributed by atoms with Crippen molar-refractivity contribution in [3.05, 3.63) is 24.3 Å².